The van der Waals surface area contributed by atoms with Crippen molar-refractivity contribution in [3.05, 3.63) is 30.3 Å². The molecule has 1 radical (unpaired) electrons. The van der Waals surface area contributed by atoms with Gasteiger partial charge in [0.1, 0.15) is 5.60 Å². The van der Waals surface area contributed by atoms with Gasteiger partial charge in [-0.15, -0.1) is 0 Å². The van der Waals surface area contributed by atoms with Crippen molar-refractivity contribution in [2.24, 2.45) is 0 Å². The molecule has 1 rings (SSSR count). The molecule has 0 atom stereocenters. The van der Waals surface area contributed by atoms with Gasteiger partial charge in [-0.2, -0.15) is 4.52 Å². The van der Waals surface area contributed by atoms with Crippen LogP contribution in [0.2, 0.25) is 0 Å². The summed E-state index contributed by atoms with van der Waals surface area (Å²) < 4.78 is 31.9. The molecule has 1 aromatic carbocycles. The van der Waals surface area contributed by atoms with Crippen molar-refractivity contribution in [2.45, 2.75) is 26.4 Å². The minimum Gasteiger partial charge on any atom is -0.160 e. The SMILES string of the molecule is CC(C)(C)O[P+](F)(F)c1ccccc1.[Cu]. The molecule has 0 spiro atoms. The van der Waals surface area contributed by atoms with Crippen LogP contribution in [0, 0.1) is 0 Å². The van der Waals surface area contributed by atoms with Crippen molar-refractivity contribution in [1.82, 2.24) is 0 Å². The van der Waals surface area contributed by atoms with Crippen LogP contribution in [0.3, 0.4) is 0 Å². The van der Waals surface area contributed by atoms with Gasteiger partial charge in [-0.1, -0.05) is 18.2 Å². The Morgan fingerprint density at radius 2 is 1.53 bits per heavy atom. The minimum absolute atomic E-state index is 0. The second-order valence-electron chi connectivity index (χ2n) is 4.00. The smallest absolute Gasteiger partial charge is 0.160 e. The average molecular weight is 283 g/mol. The first-order valence-electron chi connectivity index (χ1n) is 4.36. The van der Waals surface area contributed by atoms with Gasteiger partial charge in [-0.25, -0.2) is 0 Å². The van der Waals surface area contributed by atoms with Gasteiger partial charge in [-0.05, 0) is 32.9 Å². The van der Waals surface area contributed by atoms with Gasteiger partial charge in [0.25, 0.3) is 0 Å². The van der Waals surface area contributed by atoms with E-state index in [0.29, 0.717) is 0 Å². The molecule has 0 fully saturated rings. The Balaban J connectivity index is 0.00000196. The summed E-state index contributed by atoms with van der Waals surface area (Å²) in [5.41, 5.74) is -0.812. The van der Waals surface area contributed by atoms with E-state index < -0.39 is 13.7 Å². The van der Waals surface area contributed by atoms with Crippen molar-refractivity contribution in [2.75, 3.05) is 0 Å². The molecule has 0 heterocycles. The fourth-order valence-electron chi connectivity index (χ4n) is 0.998. The number of rotatable bonds is 2. The molecule has 1 aromatic rings. The second-order valence-corrected chi connectivity index (χ2v) is 5.62. The Morgan fingerprint density at radius 3 is 1.93 bits per heavy atom. The molecule has 0 saturated carbocycles. The molecule has 0 aliphatic rings. The summed E-state index contributed by atoms with van der Waals surface area (Å²) in [7, 11) is -4.42. The summed E-state index contributed by atoms with van der Waals surface area (Å²) in [6, 6.07) is 7.70. The third-order valence-corrected chi connectivity index (χ3v) is 3.12. The maximum absolute atomic E-state index is 13.5. The molecule has 15 heavy (non-hydrogen) atoms. The standard InChI is InChI=1S/C10H14F2OP.Cu/c1-10(2,3)13-14(11,12)9-7-5-4-6-8-9;/h4-8H,1-3H3;/q+1;. The molecule has 0 aliphatic carbocycles. The number of benzene rings is 1. The first kappa shape index (κ1) is 15.0. The largest absolute Gasteiger partial charge is 0.554 e. The molecule has 0 aromatic heterocycles. The van der Waals surface area contributed by atoms with Crippen LogP contribution in [0.5, 0.6) is 0 Å². The Bertz CT molecular complexity index is 298. The van der Waals surface area contributed by atoms with Crippen molar-refractivity contribution in [1.29, 1.82) is 0 Å². The zero-order chi connectivity index (χ0) is 10.8. The Kier molecular flexibility index (Phi) is 5.35. The van der Waals surface area contributed by atoms with E-state index in [-0.39, 0.29) is 22.4 Å². The van der Waals surface area contributed by atoms with Crippen molar-refractivity contribution in [3.63, 3.8) is 0 Å². The van der Waals surface area contributed by atoms with Gasteiger partial charge in [0.2, 0.25) is 0 Å². The van der Waals surface area contributed by atoms with Crippen molar-refractivity contribution >= 4 is 13.4 Å². The van der Waals surface area contributed by atoms with Crippen LogP contribution in [0.15, 0.2) is 30.3 Å². The van der Waals surface area contributed by atoms with Crippen LogP contribution in [0.1, 0.15) is 20.8 Å². The quantitative estimate of drug-likeness (QED) is 0.592. The van der Waals surface area contributed by atoms with E-state index in [0.717, 1.165) is 0 Å². The minimum atomic E-state index is -4.42. The van der Waals surface area contributed by atoms with Gasteiger partial charge in [0.05, 0.1) is 0 Å². The molecule has 89 valence electrons. The van der Waals surface area contributed by atoms with Crippen LogP contribution in [-0.2, 0) is 21.6 Å². The summed E-state index contributed by atoms with van der Waals surface area (Å²) in [4.78, 5) is 0. The topological polar surface area (TPSA) is 9.23 Å². The number of hydrogen-bond donors (Lipinski definition) is 0. The van der Waals surface area contributed by atoms with Gasteiger partial charge in [0.15, 0.2) is 5.30 Å². The molecule has 0 saturated heterocycles. The molecule has 0 bridgehead atoms. The maximum atomic E-state index is 13.5. The first-order valence-corrected chi connectivity index (χ1v) is 5.85. The summed E-state index contributed by atoms with van der Waals surface area (Å²) in [6.07, 6.45) is 0. The Hall–Kier alpha value is -0.0105. The van der Waals surface area contributed by atoms with Gasteiger partial charge in [-0.3, -0.25) is 0 Å². The third kappa shape index (κ3) is 5.03. The summed E-state index contributed by atoms with van der Waals surface area (Å²) in [5, 5.41) is -0.00470. The molecule has 0 amide bonds. The van der Waals surface area contributed by atoms with E-state index in [1.165, 1.54) is 12.1 Å². The van der Waals surface area contributed by atoms with Crippen LogP contribution in [0.25, 0.3) is 0 Å². The van der Waals surface area contributed by atoms with Gasteiger partial charge < -0.3 is 0 Å². The molecule has 1 nitrogen and oxygen atoms in total. The molecule has 5 heteroatoms. The zero-order valence-electron chi connectivity index (χ0n) is 8.80. The zero-order valence-corrected chi connectivity index (χ0v) is 10.6. The maximum Gasteiger partial charge on any atom is 0.554 e. The third-order valence-electron chi connectivity index (χ3n) is 1.45. The van der Waals surface area contributed by atoms with Crippen molar-refractivity contribution < 1.29 is 30.0 Å². The van der Waals surface area contributed by atoms with Gasteiger partial charge >= 0.3 is 8.11 Å². The van der Waals surface area contributed by atoms with Gasteiger partial charge in [0, 0.05) is 25.5 Å². The van der Waals surface area contributed by atoms with Crippen LogP contribution in [-0.4, -0.2) is 5.60 Å². The first-order chi connectivity index (χ1) is 6.31. The Morgan fingerprint density at radius 1 is 1.07 bits per heavy atom. The monoisotopic (exact) mass is 282 g/mol. The summed E-state index contributed by atoms with van der Waals surface area (Å²) in [5.74, 6) is 0. The fraction of sp³-hybridized carbons (Fsp3) is 0.400. The summed E-state index contributed by atoms with van der Waals surface area (Å²) in [6.45, 7) is 4.89. The van der Waals surface area contributed by atoms with E-state index in [9.17, 15) is 8.39 Å². The molecule has 0 aliphatic heterocycles. The van der Waals surface area contributed by atoms with E-state index in [1.807, 2.05) is 0 Å². The predicted octanol–water partition coefficient (Wildman–Crippen LogP) is 3.83. The van der Waals surface area contributed by atoms with E-state index >= 15 is 0 Å². The fourth-order valence-corrected chi connectivity index (χ4v) is 2.31. The molecule has 0 N–H and O–H groups in total. The molecule has 0 unspecified atom stereocenters. The predicted molar refractivity (Wildman–Crippen MR) is 56.1 cm³/mol. The second kappa shape index (κ2) is 5.36. The van der Waals surface area contributed by atoms with E-state index in [2.05, 4.69) is 0 Å². The average Bonchev–Trinajstić information content (AvgIpc) is 2.01. The number of halogens is 2. The molecular weight excluding hydrogens is 269 g/mol. The van der Waals surface area contributed by atoms with Crippen LogP contribution < -0.4 is 5.30 Å². The number of hydrogen-bond acceptors (Lipinski definition) is 1. The summed E-state index contributed by atoms with van der Waals surface area (Å²) >= 11 is 0. The van der Waals surface area contributed by atoms with Crippen LogP contribution in [0.4, 0.5) is 8.39 Å². The normalized spacial score (nSPS) is 12.1. The molecular formula is C10H14CuF2OP+. The Labute approximate surface area is 100 Å². The van der Waals surface area contributed by atoms with E-state index in [4.69, 9.17) is 4.52 Å². The van der Waals surface area contributed by atoms with Crippen LogP contribution >= 0.6 is 8.11 Å². The van der Waals surface area contributed by atoms with E-state index in [1.54, 1.807) is 39.0 Å². The van der Waals surface area contributed by atoms with Crippen molar-refractivity contribution in [3.8, 4) is 0 Å².